The van der Waals surface area contributed by atoms with E-state index in [1.165, 1.54) is 11.3 Å². The molecule has 0 aliphatic heterocycles. The molecular formula is C13H21NO2S. The summed E-state index contributed by atoms with van der Waals surface area (Å²) < 4.78 is 0. The van der Waals surface area contributed by atoms with Crippen molar-refractivity contribution in [2.24, 2.45) is 5.92 Å². The molecule has 0 aromatic carbocycles. The summed E-state index contributed by atoms with van der Waals surface area (Å²) in [6.45, 7) is 6.18. The first-order valence-electron chi connectivity index (χ1n) is 5.95. The molecule has 0 spiro atoms. The summed E-state index contributed by atoms with van der Waals surface area (Å²) >= 11 is 1.50. The maximum Gasteiger partial charge on any atom is 0.220 e. The minimum absolute atomic E-state index is 0.00975. The second kappa shape index (κ2) is 6.17. The number of carbonyl (C=O) groups is 1. The Balaban J connectivity index is 2.37. The lowest BCUT2D eigenvalue weighted by molar-refractivity contribution is -0.122. The molecule has 0 radical (unpaired) electrons. The monoisotopic (exact) mass is 255 g/mol. The first-order valence-corrected chi connectivity index (χ1v) is 6.83. The molecule has 0 bridgehead atoms. The van der Waals surface area contributed by atoms with Crippen molar-refractivity contribution in [1.82, 2.24) is 5.32 Å². The number of hydrogen-bond acceptors (Lipinski definition) is 3. The van der Waals surface area contributed by atoms with Gasteiger partial charge in [0.25, 0.3) is 0 Å². The Morgan fingerprint density at radius 1 is 1.59 bits per heavy atom. The molecule has 1 aromatic rings. The lowest BCUT2D eigenvalue weighted by Gasteiger charge is -2.22. The van der Waals surface area contributed by atoms with Crippen LogP contribution in [0.4, 0.5) is 0 Å². The summed E-state index contributed by atoms with van der Waals surface area (Å²) in [7, 11) is 0. The van der Waals surface area contributed by atoms with E-state index >= 15 is 0 Å². The topological polar surface area (TPSA) is 49.3 Å². The highest BCUT2D eigenvalue weighted by Gasteiger charge is 2.24. The van der Waals surface area contributed by atoms with Gasteiger partial charge in [-0.25, -0.2) is 0 Å². The van der Waals surface area contributed by atoms with Crippen molar-refractivity contribution in [2.45, 2.75) is 39.2 Å². The van der Waals surface area contributed by atoms with Gasteiger partial charge in [-0.1, -0.05) is 19.9 Å². The lowest BCUT2D eigenvalue weighted by Crippen LogP contribution is -2.38. The van der Waals surface area contributed by atoms with Crippen molar-refractivity contribution < 1.29 is 9.90 Å². The third kappa shape index (κ3) is 4.88. The van der Waals surface area contributed by atoms with Crippen LogP contribution in [0.5, 0.6) is 0 Å². The molecule has 96 valence electrons. The van der Waals surface area contributed by atoms with Gasteiger partial charge < -0.3 is 10.4 Å². The van der Waals surface area contributed by atoms with E-state index in [1.807, 2.05) is 17.5 Å². The number of aliphatic hydroxyl groups is 1. The number of rotatable bonds is 6. The van der Waals surface area contributed by atoms with Crippen LogP contribution in [0.1, 0.15) is 38.5 Å². The van der Waals surface area contributed by atoms with E-state index in [1.54, 1.807) is 6.92 Å². The number of nitrogens with one attached hydrogen (secondary N) is 1. The highest BCUT2D eigenvalue weighted by Crippen LogP contribution is 2.24. The number of amides is 1. The van der Waals surface area contributed by atoms with E-state index in [0.717, 1.165) is 11.3 Å². The average Bonchev–Trinajstić information content (AvgIpc) is 2.77. The summed E-state index contributed by atoms with van der Waals surface area (Å²) in [5.74, 6) is 0.536. The Bertz CT molecular complexity index is 344. The van der Waals surface area contributed by atoms with Crippen LogP contribution < -0.4 is 5.32 Å². The van der Waals surface area contributed by atoms with Crippen LogP contribution in [0.25, 0.3) is 0 Å². The van der Waals surface area contributed by atoms with Gasteiger partial charge in [0.1, 0.15) is 5.60 Å². The second-order valence-corrected chi connectivity index (χ2v) is 5.91. The van der Waals surface area contributed by atoms with Gasteiger partial charge in [0.15, 0.2) is 0 Å². The van der Waals surface area contributed by atoms with Gasteiger partial charge in [0.2, 0.25) is 5.91 Å². The predicted molar refractivity (Wildman–Crippen MR) is 71.0 cm³/mol. The first kappa shape index (κ1) is 14.2. The van der Waals surface area contributed by atoms with Crippen molar-refractivity contribution in [1.29, 1.82) is 0 Å². The van der Waals surface area contributed by atoms with Gasteiger partial charge >= 0.3 is 0 Å². The van der Waals surface area contributed by atoms with Crippen LogP contribution >= 0.6 is 11.3 Å². The molecule has 0 aliphatic carbocycles. The van der Waals surface area contributed by atoms with E-state index in [2.05, 4.69) is 19.2 Å². The maximum atomic E-state index is 11.5. The van der Waals surface area contributed by atoms with Gasteiger partial charge in [-0.15, -0.1) is 11.3 Å². The summed E-state index contributed by atoms with van der Waals surface area (Å²) in [6.07, 6.45) is 1.41. The zero-order valence-electron chi connectivity index (χ0n) is 10.7. The van der Waals surface area contributed by atoms with E-state index in [4.69, 9.17) is 0 Å². The van der Waals surface area contributed by atoms with Crippen molar-refractivity contribution in [2.75, 3.05) is 6.54 Å². The quantitative estimate of drug-likeness (QED) is 0.820. The molecule has 0 saturated heterocycles. The Kier molecular flexibility index (Phi) is 5.15. The summed E-state index contributed by atoms with van der Waals surface area (Å²) in [5.41, 5.74) is -0.971. The van der Waals surface area contributed by atoms with E-state index < -0.39 is 5.60 Å². The van der Waals surface area contributed by atoms with Crippen LogP contribution in [0, 0.1) is 5.92 Å². The molecule has 1 rings (SSSR count). The Hall–Kier alpha value is -0.870. The van der Waals surface area contributed by atoms with E-state index in [-0.39, 0.29) is 12.5 Å². The molecule has 0 fully saturated rings. The van der Waals surface area contributed by atoms with Crippen LogP contribution in [0.15, 0.2) is 17.5 Å². The van der Waals surface area contributed by atoms with E-state index in [9.17, 15) is 9.90 Å². The third-order valence-electron chi connectivity index (χ3n) is 2.63. The van der Waals surface area contributed by atoms with Crippen LogP contribution in [0.3, 0.4) is 0 Å². The SMILES string of the molecule is CC(C)CCC(=O)NCC(C)(O)c1cccs1. The summed E-state index contributed by atoms with van der Waals surface area (Å²) in [4.78, 5) is 12.4. The fraction of sp³-hybridized carbons (Fsp3) is 0.615. The van der Waals surface area contributed by atoms with Crippen molar-refractivity contribution in [3.05, 3.63) is 22.4 Å². The normalized spacial score (nSPS) is 14.6. The molecule has 4 heteroatoms. The molecule has 1 aromatic heterocycles. The Morgan fingerprint density at radius 2 is 2.29 bits per heavy atom. The fourth-order valence-corrected chi connectivity index (χ4v) is 2.24. The molecular weight excluding hydrogens is 234 g/mol. The van der Waals surface area contributed by atoms with E-state index in [0.29, 0.717) is 12.3 Å². The highest BCUT2D eigenvalue weighted by molar-refractivity contribution is 7.10. The Morgan fingerprint density at radius 3 is 2.82 bits per heavy atom. The van der Waals surface area contributed by atoms with Crippen LogP contribution in [0.2, 0.25) is 0 Å². The molecule has 2 N–H and O–H groups in total. The van der Waals surface area contributed by atoms with Crippen LogP contribution in [-0.2, 0) is 10.4 Å². The predicted octanol–water partition coefficient (Wildman–Crippen LogP) is 2.51. The largest absolute Gasteiger partial charge is 0.383 e. The third-order valence-corrected chi connectivity index (χ3v) is 3.75. The standard InChI is InChI=1S/C13H21NO2S/c1-10(2)6-7-12(15)14-9-13(3,16)11-5-4-8-17-11/h4-5,8,10,16H,6-7,9H2,1-3H3,(H,14,15). The minimum atomic E-state index is -0.971. The first-order chi connectivity index (χ1) is 7.92. The zero-order valence-corrected chi connectivity index (χ0v) is 11.5. The zero-order chi connectivity index (χ0) is 12.9. The average molecular weight is 255 g/mol. The fourth-order valence-electron chi connectivity index (χ4n) is 1.45. The van der Waals surface area contributed by atoms with Crippen molar-refractivity contribution in [3.8, 4) is 0 Å². The molecule has 1 heterocycles. The lowest BCUT2D eigenvalue weighted by atomic mass is 10.0. The van der Waals surface area contributed by atoms with Gasteiger partial charge in [-0.05, 0) is 30.7 Å². The number of thiophene rings is 1. The second-order valence-electron chi connectivity index (χ2n) is 4.96. The molecule has 17 heavy (non-hydrogen) atoms. The number of hydrogen-bond donors (Lipinski definition) is 2. The molecule has 1 atom stereocenters. The summed E-state index contributed by atoms with van der Waals surface area (Å²) in [5, 5.41) is 14.9. The summed E-state index contributed by atoms with van der Waals surface area (Å²) in [6, 6.07) is 3.78. The van der Waals surface area contributed by atoms with Gasteiger partial charge in [-0.2, -0.15) is 0 Å². The highest BCUT2D eigenvalue weighted by atomic mass is 32.1. The van der Waals surface area contributed by atoms with Gasteiger partial charge in [-0.3, -0.25) is 4.79 Å². The van der Waals surface area contributed by atoms with Crippen molar-refractivity contribution in [3.63, 3.8) is 0 Å². The maximum absolute atomic E-state index is 11.5. The molecule has 1 amide bonds. The minimum Gasteiger partial charge on any atom is -0.383 e. The van der Waals surface area contributed by atoms with Crippen LogP contribution in [-0.4, -0.2) is 17.6 Å². The molecule has 1 unspecified atom stereocenters. The smallest absolute Gasteiger partial charge is 0.220 e. The Labute approximate surface area is 107 Å². The van der Waals surface area contributed by atoms with Crippen molar-refractivity contribution >= 4 is 17.2 Å². The van der Waals surface area contributed by atoms with Gasteiger partial charge in [0, 0.05) is 11.3 Å². The molecule has 0 aliphatic rings. The number of carbonyl (C=O) groups excluding carboxylic acids is 1. The van der Waals surface area contributed by atoms with Gasteiger partial charge in [0.05, 0.1) is 6.54 Å². The molecule has 0 saturated carbocycles. The molecule has 3 nitrogen and oxygen atoms in total.